The fourth-order valence-electron chi connectivity index (χ4n) is 2.36. The highest BCUT2D eigenvalue weighted by Gasteiger charge is 2.28. The Morgan fingerprint density at radius 1 is 1.50 bits per heavy atom. The highest BCUT2D eigenvalue weighted by atomic mass is 16.3. The summed E-state index contributed by atoms with van der Waals surface area (Å²) in [7, 11) is 0. The molecule has 1 heterocycles. The Kier molecular flexibility index (Phi) is 3.57. The summed E-state index contributed by atoms with van der Waals surface area (Å²) < 4.78 is 0. The topological polar surface area (TPSA) is 66.6 Å². The Labute approximate surface area is 107 Å². The molecule has 1 aliphatic rings. The Hall–Kier alpha value is -1.55. The lowest BCUT2D eigenvalue weighted by molar-refractivity contribution is 0.0298. The van der Waals surface area contributed by atoms with Crippen LogP contribution in [0.4, 0.5) is 5.69 Å². The lowest BCUT2D eigenvalue weighted by Gasteiger charge is -2.34. The Morgan fingerprint density at radius 2 is 2.22 bits per heavy atom. The number of rotatable bonds is 1. The van der Waals surface area contributed by atoms with Crippen LogP contribution in [0.15, 0.2) is 18.2 Å². The van der Waals surface area contributed by atoms with Gasteiger partial charge in [0.2, 0.25) is 0 Å². The van der Waals surface area contributed by atoms with Crippen molar-refractivity contribution in [1.82, 2.24) is 4.90 Å². The number of aryl methyl sites for hydroxylation is 1. The number of nitrogen functional groups attached to an aromatic ring is 1. The van der Waals surface area contributed by atoms with E-state index in [-0.39, 0.29) is 17.9 Å². The molecule has 0 spiro atoms. The van der Waals surface area contributed by atoms with Crippen LogP contribution in [-0.2, 0) is 0 Å². The number of aliphatic hydroxyl groups is 1. The van der Waals surface area contributed by atoms with E-state index < -0.39 is 0 Å². The maximum atomic E-state index is 12.4. The molecule has 3 N–H and O–H groups in total. The van der Waals surface area contributed by atoms with Gasteiger partial charge in [0.05, 0.1) is 11.7 Å². The van der Waals surface area contributed by atoms with E-state index in [2.05, 4.69) is 0 Å². The van der Waals surface area contributed by atoms with Crippen LogP contribution in [0, 0.1) is 12.8 Å². The van der Waals surface area contributed by atoms with E-state index in [9.17, 15) is 9.90 Å². The molecule has 2 unspecified atom stereocenters. The number of hydrogen-bond acceptors (Lipinski definition) is 3. The zero-order chi connectivity index (χ0) is 13.3. The van der Waals surface area contributed by atoms with Gasteiger partial charge in [-0.2, -0.15) is 0 Å². The molecular formula is C14H20N2O2. The van der Waals surface area contributed by atoms with Crippen LogP contribution in [0.5, 0.6) is 0 Å². The second kappa shape index (κ2) is 4.98. The second-order valence-corrected chi connectivity index (χ2v) is 5.12. The van der Waals surface area contributed by atoms with Gasteiger partial charge in [0.25, 0.3) is 5.91 Å². The van der Waals surface area contributed by atoms with Crippen molar-refractivity contribution in [2.45, 2.75) is 26.4 Å². The molecule has 98 valence electrons. The number of piperidine rings is 1. The maximum Gasteiger partial charge on any atom is 0.255 e. The van der Waals surface area contributed by atoms with E-state index in [4.69, 9.17) is 5.73 Å². The lowest BCUT2D eigenvalue weighted by Crippen LogP contribution is -2.45. The van der Waals surface area contributed by atoms with E-state index >= 15 is 0 Å². The van der Waals surface area contributed by atoms with Gasteiger partial charge in [-0.05, 0) is 30.9 Å². The largest absolute Gasteiger partial charge is 0.398 e. The van der Waals surface area contributed by atoms with Gasteiger partial charge in [-0.25, -0.2) is 0 Å². The Bertz CT molecular complexity index is 459. The molecule has 1 aromatic rings. The predicted molar refractivity (Wildman–Crippen MR) is 71.3 cm³/mol. The molecule has 1 aromatic carbocycles. The summed E-state index contributed by atoms with van der Waals surface area (Å²) in [5.41, 5.74) is 8.00. The molecule has 0 radical (unpaired) electrons. The summed E-state index contributed by atoms with van der Waals surface area (Å²) in [4.78, 5) is 14.2. The molecule has 2 rings (SSSR count). The summed E-state index contributed by atoms with van der Waals surface area (Å²) in [5.74, 6) is 0.0867. The molecule has 1 fully saturated rings. The quantitative estimate of drug-likeness (QED) is 0.739. The van der Waals surface area contributed by atoms with Crippen LogP contribution in [0.3, 0.4) is 0 Å². The number of para-hydroxylation sites is 1. The predicted octanol–water partition coefficient (Wildman–Crippen LogP) is 1.42. The molecule has 0 aromatic heterocycles. The van der Waals surface area contributed by atoms with Gasteiger partial charge in [0, 0.05) is 18.8 Å². The van der Waals surface area contributed by atoms with Crippen LogP contribution in [0.1, 0.15) is 29.3 Å². The zero-order valence-corrected chi connectivity index (χ0v) is 10.9. The van der Waals surface area contributed by atoms with Crippen molar-refractivity contribution in [2.24, 2.45) is 5.92 Å². The molecule has 0 saturated carbocycles. The van der Waals surface area contributed by atoms with Crippen LogP contribution >= 0.6 is 0 Å². The van der Waals surface area contributed by atoms with Gasteiger partial charge in [-0.3, -0.25) is 4.79 Å². The highest BCUT2D eigenvalue weighted by Crippen LogP contribution is 2.22. The first kappa shape index (κ1) is 12.9. The molecule has 1 amide bonds. The first-order valence-electron chi connectivity index (χ1n) is 6.33. The van der Waals surface area contributed by atoms with Crippen LogP contribution in [0.25, 0.3) is 0 Å². The fourth-order valence-corrected chi connectivity index (χ4v) is 2.36. The van der Waals surface area contributed by atoms with Gasteiger partial charge in [0.1, 0.15) is 0 Å². The van der Waals surface area contributed by atoms with Crippen molar-refractivity contribution in [3.63, 3.8) is 0 Å². The average Bonchev–Trinajstić information content (AvgIpc) is 2.35. The minimum absolute atomic E-state index is 0.0325. The highest BCUT2D eigenvalue weighted by molar-refractivity contribution is 5.99. The third kappa shape index (κ3) is 2.34. The number of hydrogen-bond donors (Lipinski definition) is 2. The van der Waals surface area contributed by atoms with Gasteiger partial charge in [-0.15, -0.1) is 0 Å². The molecule has 1 aliphatic heterocycles. The van der Waals surface area contributed by atoms with Crippen molar-refractivity contribution >= 4 is 11.6 Å². The molecule has 1 saturated heterocycles. The summed E-state index contributed by atoms with van der Waals surface area (Å²) in [5, 5.41) is 9.68. The van der Waals surface area contributed by atoms with E-state index in [1.54, 1.807) is 11.0 Å². The van der Waals surface area contributed by atoms with Crippen molar-refractivity contribution in [3.05, 3.63) is 29.3 Å². The van der Waals surface area contributed by atoms with Crippen LogP contribution in [-0.4, -0.2) is 35.1 Å². The summed E-state index contributed by atoms with van der Waals surface area (Å²) >= 11 is 0. The number of carbonyl (C=O) groups excluding carboxylic acids is 1. The van der Waals surface area contributed by atoms with Crippen molar-refractivity contribution < 1.29 is 9.90 Å². The minimum Gasteiger partial charge on any atom is -0.398 e. The minimum atomic E-state index is -0.302. The first-order valence-corrected chi connectivity index (χ1v) is 6.33. The van der Waals surface area contributed by atoms with E-state index in [1.807, 2.05) is 26.0 Å². The Morgan fingerprint density at radius 3 is 2.89 bits per heavy atom. The summed E-state index contributed by atoms with van der Waals surface area (Å²) in [6.07, 6.45) is 0.336. The number of nitrogens with zero attached hydrogens (tertiary/aromatic N) is 1. The summed E-state index contributed by atoms with van der Waals surface area (Å²) in [6, 6.07) is 5.51. The van der Waals surface area contributed by atoms with Gasteiger partial charge < -0.3 is 15.7 Å². The van der Waals surface area contributed by atoms with Crippen LogP contribution < -0.4 is 5.73 Å². The molecule has 18 heavy (non-hydrogen) atoms. The summed E-state index contributed by atoms with van der Waals surface area (Å²) in [6.45, 7) is 5.05. The fraction of sp³-hybridized carbons (Fsp3) is 0.500. The molecule has 4 nitrogen and oxygen atoms in total. The van der Waals surface area contributed by atoms with Crippen molar-refractivity contribution in [2.75, 3.05) is 18.8 Å². The second-order valence-electron chi connectivity index (χ2n) is 5.12. The molecule has 2 atom stereocenters. The number of aliphatic hydroxyl groups excluding tert-OH is 1. The Balaban J connectivity index is 2.19. The monoisotopic (exact) mass is 248 g/mol. The molecule has 0 bridgehead atoms. The third-order valence-corrected chi connectivity index (χ3v) is 3.70. The number of amides is 1. The maximum absolute atomic E-state index is 12.4. The first-order chi connectivity index (χ1) is 8.50. The number of benzene rings is 1. The average molecular weight is 248 g/mol. The smallest absolute Gasteiger partial charge is 0.255 e. The van der Waals surface area contributed by atoms with E-state index in [1.165, 1.54) is 0 Å². The third-order valence-electron chi connectivity index (χ3n) is 3.70. The zero-order valence-electron chi connectivity index (χ0n) is 10.9. The molecular weight excluding hydrogens is 228 g/mol. The van der Waals surface area contributed by atoms with Crippen LogP contribution in [0.2, 0.25) is 0 Å². The number of carbonyl (C=O) groups is 1. The van der Waals surface area contributed by atoms with Gasteiger partial charge >= 0.3 is 0 Å². The normalized spacial score (nSPS) is 24.1. The number of anilines is 1. The van der Waals surface area contributed by atoms with Gasteiger partial charge in [-0.1, -0.05) is 19.1 Å². The number of nitrogens with two attached hydrogens (primary N) is 1. The van der Waals surface area contributed by atoms with Crippen molar-refractivity contribution in [1.29, 1.82) is 0 Å². The van der Waals surface area contributed by atoms with E-state index in [0.717, 1.165) is 5.56 Å². The van der Waals surface area contributed by atoms with E-state index in [0.29, 0.717) is 30.8 Å². The number of likely N-dealkylation sites (tertiary alicyclic amines) is 1. The van der Waals surface area contributed by atoms with Gasteiger partial charge in [0.15, 0.2) is 0 Å². The standard InChI is InChI=1S/C14H20N2O2/c1-9-4-3-5-11(13(9)15)14(18)16-7-6-12(17)10(2)8-16/h3-5,10,12,17H,6-8,15H2,1-2H3. The molecule has 0 aliphatic carbocycles. The molecule has 4 heteroatoms. The lowest BCUT2D eigenvalue weighted by atomic mass is 9.96. The van der Waals surface area contributed by atoms with Crippen molar-refractivity contribution in [3.8, 4) is 0 Å². The SMILES string of the molecule is Cc1cccc(C(=O)N2CCC(O)C(C)C2)c1N.